The van der Waals surface area contributed by atoms with Gasteiger partial charge in [0.25, 0.3) is 0 Å². The van der Waals surface area contributed by atoms with Crippen LogP contribution >= 0.6 is 0 Å². The number of Topliss-reactive ketones (excluding diaryl/α,β-unsaturated/α-hetero) is 2. The van der Waals surface area contributed by atoms with Crippen molar-refractivity contribution in [3.05, 3.63) is 23.8 Å². The van der Waals surface area contributed by atoms with Gasteiger partial charge in [-0.3, -0.25) is 14.4 Å². The first-order valence-corrected chi connectivity index (χ1v) is 9.99. The quantitative estimate of drug-likeness (QED) is 0.753. The van der Waals surface area contributed by atoms with E-state index in [9.17, 15) is 24.6 Å². The smallest absolute Gasteiger partial charge is 0.190 e. The number of allylic oxidation sites excluding steroid dienone is 4. The number of hydrogen-bond acceptors (Lipinski definition) is 5. The van der Waals surface area contributed by atoms with Gasteiger partial charge in [-0.15, -0.1) is 0 Å². The van der Waals surface area contributed by atoms with E-state index in [4.69, 9.17) is 0 Å². The van der Waals surface area contributed by atoms with Crippen LogP contribution in [0.15, 0.2) is 23.8 Å². The van der Waals surface area contributed by atoms with Crippen molar-refractivity contribution in [2.45, 2.75) is 57.7 Å². The molecule has 0 heterocycles. The Labute approximate surface area is 163 Å². The molecule has 28 heavy (non-hydrogen) atoms. The molecular formula is C22H27FO5. The molecule has 3 saturated carbocycles. The number of carbonyl (C=O) groups excluding carboxylic acids is 3. The summed E-state index contributed by atoms with van der Waals surface area (Å²) in [6.45, 7) is 4.30. The van der Waals surface area contributed by atoms with Crippen LogP contribution in [0.3, 0.4) is 0 Å². The van der Waals surface area contributed by atoms with Crippen LogP contribution < -0.4 is 0 Å². The fourth-order valence-electron chi connectivity index (χ4n) is 6.99. The monoisotopic (exact) mass is 390 g/mol. The molecule has 4 aliphatic rings. The number of hydrogen-bond donors (Lipinski definition) is 2. The van der Waals surface area contributed by atoms with Crippen molar-refractivity contribution in [3.63, 3.8) is 0 Å². The van der Waals surface area contributed by atoms with Crippen molar-refractivity contribution in [3.8, 4) is 0 Å². The highest BCUT2D eigenvalue weighted by Gasteiger charge is 2.75. The number of carbonyl (C=O) groups is 3. The van der Waals surface area contributed by atoms with Gasteiger partial charge in [0.15, 0.2) is 23.0 Å². The van der Waals surface area contributed by atoms with Crippen molar-refractivity contribution in [1.29, 1.82) is 0 Å². The maximum absolute atomic E-state index is 16.8. The van der Waals surface area contributed by atoms with Crippen molar-refractivity contribution in [2.24, 2.45) is 28.6 Å². The third-order valence-electron chi connectivity index (χ3n) is 8.55. The minimum atomic E-state index is -2.17. The third-order valence-corrected chi connectivity index (χ3v) is 8.55. The second-order valence-electron chi connectivity index (χ2n) is 9.57. The van der Waals surface area contributed by atoms with Crippen molar-refractivity contribution in [2.75, 3.05) is 6.61 Å². The number of rotatable bonds is 2. The SMILES string of the molecule is C[C@H]1CC2C3CCC4=CC(=O)C=C[C@]4(C)[C@@]3(F)C(=O)C[C@]2(C)[C@@]1(O)C(=O)CO. The Morgan fingerprint density at radius 1 is 1.29 bits per heavy atom. The molecule has 4 rings (SSSR count). The first-order chi connectivity index (χ1) is 13.0. The van der Waals surface area contributed by atoms with Crippen LogP contribution in [0.2, 0.25) is 0 Å². The summed E-state index contributed by atoms with van der Waals surface area (Å²) in [6, 6.07) is 0. The molecule has 0 saturated heterocycles. The van der Waals surface area contributed by atoms with Crippen LogP contribution in [-0.2, 0) is 14.4 Å². The molecule has 0 aliphatic heterocycles. The highest BCUT2D eigenvalue weighted by atomic mass is 19.1. The van der Waals surface area contributed by atoms with Crippen LogP contribution in [0, 0.1) is 28.6 Å². The average molecular weight is 390 g/mol. The van der Waals surface area contributed by atoms with Gasteiger partial charge < -0.3 is 10.2 Å². The van der Waals surface area contributed by atoms with E-state index in [0.717, 1.165) is 0 Å². The normalized spacial score (nSPS) is 49.9. The number of aliphatic hydroxyl groups excluding tert-OH is 1. The molecule has 2 N–H and O–H groups in total. The Hall–Kier alpha value is -1.66. The van der Waals surface area contributed by atoms with E-state index in [2.05, 4.69) is 0 Å². The van der Waals surface area contributed by atoms with Gasteiger partial charge in [-0.2, -0.15) is 0 Å². The largest absolute Gasteiger partial charge is 0.388 e. The Kier molecular flexibility index (Phi) is 4.00. The molecule has 0 spiro atoms. The third kappa shape index (κ3) is 1.96. The van der Waals surface area contributed by atoms with Gasteiger partial charge in [0.2, 0.25) is 0 Å². The lowest BCUT2D eigenvalue weighted by molar-refractivity contribution is -0.187. The predicted octanol–water partition coefficient (Wildman–Crippen LogP) is 2.10. The number of halogens is 1. The van der Waals surface area contributed by atoms with E-state index >= 15 is 4.39 Å². The molecule has 7 atom stereocenters. The van der Waals surface area contributed by atoms with Gasteiger partial charge in [0.05, 0.1) is 0 Å². The van der Waals surface area contributed by atoms with Crippen LogP contribution in [-0.4, -0.2) is 45.4 Å². The highest BCUT2D eigenvalue weighted by Crippen LogP contribution is 2.69. The summed E-state index contributed by atoms with van der Waals surface area (Å²) in [6.07, 6.45) is 5.35. The number of fused-ring (bicyclic) bond motifs is 5. The number of aliphatic hydroxyl groups is 2. The molecule has 0 bridgehead atoms. The van der Waals surface area contributed by atoms with Crippen LogP contribution in [0.1, 0.15) is 46.5 Å². The Morgan fingerprint density at radius 2 is 1.96 bits per heavy atom. The molecule has 4 aliphatic carbocycles. The van der Waals surface area contributed by atoms with E-state index < -0.39 is 52.1 Å². The minimum absolute atomic E-state index is 0.194. The van der Waals surface area contributed by atoms with E-state index in [1.807, 2.05) is 0 Å². The van der Waals surface area contributed by atoms with Crippen LogP contribution in [0.4, 0.5) is 4.39 Å². The molecule has 0 aromatic carbocycles. The fraction of sp³-hybridized carbons (Fsp3) is 0.682. The summed E-state index contributed by atoms with van der Waals surface area (Å²) in [5.74, 6) is -3.01. The predicted molar refractivity (Wildman–Crippen MR) is 98.9 cm³/mol. The van der Waals surface area contributed by atoms with E-state index in [0.29, 0.717) is 24.8 Å². The van der Waals surface area contributed by atoms with Crippen LogP contribution in [0.25, 0.3) is 0 Å². The van der Waals surface area contributed by atoms with E-state index in [1.165, 1.54) is 18.2 Å². The van der Waals surface area contributed by atoms with Crippen molar-refractivity contribution >= 4 is 17.3 Å². The molecule has 6 heteroatoms. The van der Waals surface area contributed by atoms with Gasteiger partial charge in [0, 0.05) is 23.2 Å². The summed E-state index contributed by atoms with van der Waals surface area (Å²) in [4.78, 5) is 37.7. The van der Waals surface area contributed by atoms with Crippen molar-refractivity contribution in [1.82, 2.24) is 0 Å². The maximum Gasteiger partial charge on any atom is 0.190 e. The topological polar surface area (TPSA) is 91.7 Å². The molecule has 0 amide bonds. The summed E-state index contributed by atoms with van der Waals surface area (Å²) in [7, 11) is 0. The minimum Gasteiger partial charge on any atom is -0.388 e. The fourth-order valence-corrected chi connectivity index (χ4v) is 6.99. The summed E-state index contributed by atoms with van der Waals surface area (Å²) >= 11 is 0. The molecule has 5 nitrogen and oxygen atoms in total. The first kappa shape index (κ1) is 19.6. The Bertz CT molecular complexity index is 846. The second kappa shape index (κ2) is 5.70. The Morgan fingerprint density at radius 3 is 2.61 bits per heavy atom. The summed E-state index contributed by atoms with van der Waals surface area (Å²) < 4.78 is 16.8. The zero-order chi connectivity index (χ0) is 20.7. The molecule has 152 valence electrons. The molecule has 0 aromatic heterocycles. The lowest BCUT2D eigenvalue weighted by Crippen LogP contribution is -2.68. The number of alkyl halides is 1. The maximum atomic E-state index is 16.8. The molecular weight excluding hydrogens is 363 g/mol. The van der Waals surface area contributed by atoms with Crippen molar-refractivity contribution < 1.29 is 29.0 Å². The number of ketones is 3. The van der Waals surface area contributed by atoms with Gasteiger partial charge in [-0.1, -0.05) is 25.5 Å². The zero-order valence-corrected chi connectivity index (χ0v) is 16.5. The van der Waals surface area contributed by atoms with Gasteiger partial charge >= 0.3 is 0 Å². The molecule has 0 aromatic rings. The van der Waals surface area contributed by atoms with E-state index in [-0.39, 0.29) is 18.1 Å². The lowest BCUT2D eigenvalue weighted by atomic mass is 9.45. The highest BCUT2D eigenvalue weighted by molar-refractivity contribution is 6.03. The summed E-state index contributed by atoms with van der Waals surface area (Å²) in [5.41, 5.74) is -5.68. The molecule has 0 radical (unpaired) electrons. The van der Waals surface area contributed by atoms with Gasteiger partial charge in [0.1, 0.15) is 12.2 Å². The first-order valence-electron chi connectivity index (χ1n) is 9.99. The Balaban J connectivity index is 1.85. The lowest BCUT2D eigenvalue weighted by Gasteiger charge is -2.59. The zero-order valence-electron chi connectivity index (χ0n) is 16.5. The second-order valence-corrected chi connectivity index (χ2v) is 9.57. The average Bonchev–Trinajstić information content (AvgIpc) is 2.84. The van der Waals surface area contributed by atoms with Gasteiger partial charge in [-0.25, -0.2) is 4.39 Å². The standard InChI is InChI=1S/C22H27FO5/c1-12-8-16-15-5-4-13-9-14(25)6-7-19(13,2)21(15,23)17(26)10-20(16,3)22(12,28)18(27)11-24/h6-7,9,12,15-16,24,28H,4-5,8,10-11H2,1-3H3/t12-,15?,16?,19-,20-,21-,22-/m0/s1. The molecule has 2 unspecified atom stereocenters. The van der Waals surface area contributed by atoms with Crippen LogP contribution in [0.5, 0.6) is 0 Å². The molecule has 3 fully saturated rings. The van der Waals surface area contributed by atoms with E-state index in [1.54, 1.807) is 20.8 Å². The van der Waals surface area contributed by atoms with Gasteiger partial charge in [-0.05, 0) is 50.2 Å². The summed E-state index contributed by atoms with van der Waals surface area (Å²) in [5, 5.41) is 20.8.